The van der Waals surface area contributed by atoms with Crippen molar-refractivity contribution in [2.24, 2.45) is 0 Å². The molecule has 2 aromatic heterocycles. The third-order valence-electron chi connectivity index (χ3n) is 3.32. The van der Waals surface area contributed by atoms with Crippen LogP contribution in [0.4, 0.5) is 10.2 Å². The number of anilines is 1. The van der Waals surface area contributed by atoms with E-state index in [0.29, 0.717) is 0 Å². The predicted molar refractivity (Wildman–Crippen MR) is 80.8 cm³/mol. The fourth-order valence-electron chi connectivity index (χ4n) is 2.14. The Labute approximate surface area is 135 Å². The van der Waals surface area contributed by atoms with Crippen molar-refractivity contribution < 1.29 is 19.0 Å². The van der Waals surface area contributed by atoms with Crippen molar-refractivity contribution in [3.05, 3.63) is 64.7 Å². The molecule has 124 valence electrons. The zero-order valence-corrected chi connectivity index (χ0v) is 12.3. The molecule has 0 unspecified atom stereocenters. The third kappa shape index (κ3) is 3.21. The molecule has 0 aliphatic carbocycles. The van der Waals surface area contributed by atoms with Crippen molar-refractivity contribution in [1.29, 1.82) is 0 Å². The zero-order valence-electron chi connectivity index (χ0n) is 12.3. The Morgan fingerprint density at radius 1 is 1.46 bits per heavy atom. The molecule has 0 aromatic carbocycles. The Kier molecular flexibility index (Phi) is 4.45. The van der Waals surface area contributed by atoms with E-state index < -0.39 is 35.6 Å². The van der Waals surface area contributed by atoms with Gasteiger partial charge in [0, 0.05) is 12.4 Å². The van der Waals surface area contributed by atoms with E-state index in [4.69, 9.17) is 9.84 Å². The molecule has 0 fully saturated rings. The van der Waals surface area contributed by atoms with Crippen LogP contribution in [0.2, 0.25) is 0 Å². The Balaban J connectivity index is 1.82. The highest BCUT2D eigenvalue weighted by Gasteiger charge is 2.23. The van der Waals surface area contributed by atoms with Crippen LogP contribution in [-0.4, -0.2) is 38.3 Å². The van der Waals surface area contributed by atoms with Gasteiger partial charge in [0.05, 0.1) is 18.4 Å². The number of rotatable bonds is 4. The van der Waals surface area contributed by atoms with Crippen molar-refractivity contribution in [1.82, 2.24) is 14.5 Å². The number of nitrogens with one attached hydrogen (secondary N) is 1. The van der Waals surface area contributed by atoms with E-state index >= 15 is 0 Å². The van der Waals surface area contributed by atoms with E-state index in [2.05, 4.69) is 15.3 Å². The smallest absolute Gasteiger partial charge is 0.352 e. The third-order valence-corrected chi connectivity index (χ3v) is 3.32. The lowest BCUT2D eigenvalue weighted by molar-refractivity contribution is -0.0106. The van der Waals surface area contributed by atoms with Gasteiger partial charge in [0.25, 0.3) is 5.91 Å². The second-order valence-corrected chi connectivity index (χ2v) is 4.96. The molecular formula is C15H13FN4O4. The molecule has 1 amide bonds. The minimum absolute atomic E-state index is 0.204. The van der Waals surface area contributed by atoms with Gasteiger partial charge in [-0.3, -0.25) is 14.3 Å². The van der Waals surface area contributed by atoms with Gasteiger partial charge < -0.3 is 15.2 Å². The Bertz CT molecular complexity index is 837. The first-order valence-electron chi connectivity index (χ1n) is 7.03. The summed E-state index contributed by atoms with van der Waals surface area (Å²) in [6.45, 7) is -0.253. The lowest BCUT2D eigenvalue weighted by Crippen LogP contribution is -2.30. The molecule has 0 radical (unpaired) electrons. The van der Waals surface area contributed by atoms with E-state index in [1.54, 1.807) is 12.1 Å². The molecule has 24 heavy (non-hydrogen) atoms. The van der Waals surface area contributed by atoms with Crippen LogP contribution in [0.5, 0.6) is 0 Å². The normalized spacial score (nSPS) is 19.4. The van der Waals surface area contributed by atoms with Gasteiger partial charge in [-0.2, -0.15) is 4.98 Å². The molecule has 3 rings (SSSR count). The van der Waals surface area contributed by atoms with E-state index in [9.17, 15) is 14.0 Å². The number of carbonyl (C=O) groups is 1. The number of hydrogen-bond donors (Lipinski definition) is 2. The molecule has 2 N–H and O–H groups in total. The van der Waals surface area contributed by atoms with E-state index in [0.717, 1.165) is 10.8 Å². The molecule has 3 heterocycles. The highest BCUT2D eigenvalue weighted by molar-refractivity contribution is 6.03. The molecule has 0 saturated carbocycles. The molecule has 9 heteroatoms. The van der Waals surface area contributed by atoms with Crippen molar-refractivity contribution >= 4 is 11.7 Å². The summed E-state index contributed by atoms with van der Waals surface area (Å²) < 4.78 is 20.4. The van der Waals surface area contributed by atoms with Crippen LogP contribution in [0.3, 0.4) is 0 Å². The summed E-state index contributed by atoms with van der Waals surface area (Å²) in [5, 5.41) is 11.2. The molecule has 2 aromatic rings. The van der Waals surface area contributed by atoms with Gasteiger partial charge in [0.1, 0.15) is 6.10 Å². The first-order valence-corrected chi connectivity index (χ1v) is 7.03. The standard InChI is InChI=1S/C15H13FN4O4/c16-11-7-20(12-4-3-10(8-21)24-12)15(23)19-13(11)18-14(22)9-2-1-5-17-6-9/h1-7,10,12,21H,8H2,(H,18,19,22,23)/t10-,12+/m0/s1. The summed E-state index contributed by atoms with van der Waals surface area (Å²) in [5.74, 6) is -2.01. The van der Waals surface area contributed by atoms with E-state index in [1.807, 2.05) is 0 Å². The van der Waals surface area contributed by atoms with Crippen molar-refractivity contribution in [3.8, 4) is 0 Å². The molecule has 2 atom stereocenters. The summed E-state index contributed by atoms with van der Waals surface area (Å²) in [7, 11) is 0. The summed E-state index contributed by atoms with van der Waals surface area (Å²) in [6, 6.07) is 3.05. The van der Waals surface area contributed by atoms with Crippen LogP contribution < -0.4 is 11.0 Å². The van der Waals surface area contributed by atoms with Crippen molar-refractivity contribution in [2.75, 3.05) is 11.9 Å². The molecule has 1 aliphatic heterocycles. The maximum absolute atomic E-state index is 14.2. The maximum atomic E-state index is 14.2. The summed E-state index contributed by atoms with van der Waals surface area (Å²) >= 11 is 0. The number of carbonyl (C=O) groups excluding carboxylic acids is 1. The summed E-state index contributed by atoms with van der Waals surface area (Å²) in [5.41, 5.74) is -0.596. The Hall–Kier alpha value is -2.91. The summed E-state index contributed by atoms with van der Waals surface area (Å²) in [6.07, 6.45) is 5.34. The maximum Gasteiger partial charge on any atom is 0.352 e. The largest absolute Gasteiger partial charge is 0.393 e. The number of aliphatic hydroxyl groups is 1. The number of amides is 1. The minimum Gasteiger partial charge on any atom is -0.393 e. The predicted octanol–water partition coefficient (Wildman–Crippen LogP) is 0.476. The molecular weight excluding hydrogens is 319 g/mol. The molecule has 8 nitrogen and oxygen atoms in total. The van der Waals surface area contributed by atoms with Gasteiger partial charge in [-0.15, -0.1) is 0 Å². The van der Waals surface area contributed by atoms with Gasteiger partial charge in [0.15, 0.2) is 17.9 Å². The number of aromatic nitrogens is 3. The lowest BCUT2D eigenvalue weighted by Gasteiger charge is -2.15. The number of halogens is 1. The first-order chi connectivity index (χ1) is 11.6. The number of nitrogens with zero attached hydrogens (tertiary/aromatic N) is 3. The van der Waals surface area contributed by atoms with Gasteiger partial charge in [-0.1, -0.05) is 6.08 Å². The fourth-order valence-corrected chi connectivity index (χ4v) is 2.14. The lowest BCUT2D eigenvalue weighted by atomic mass is 10.3. The zero-order chi connectivity index (χ0) is 17.1. The number of pyridine rings is 1. The quantitative estimate of drug-likeness (QED) is 0.789. The average molecular weight is 332 g/mol. The molecule has 0 bridgehead atoms. The van der Waals surface area contributed by atoms with Crippen LogP contribution in [0.15, 0.2) is 47.7 Å². The highest BCUT2D eigenvalue weighted by atomic mass is 19.1. The van der Waals surface area contributed by atoms with Crippen LogP contribution in [0.1, 0.15) is 16.6 Å². The molecule has 1 aliphatic rings. The monoisotopic (exact) mass is 332 g/mol. The van der Waals surface area contributed by atoms with E-state index in [-0.39, 0.29) is 12.2 Å². The second-order valence-electron chi connectivity index (χ2n) is 4.96. The average Bonchev–Trinajstić information content (AvgIpc) is 3.07. The van der Waals surface area contributed by atoms with Crippen molar-refractivity contribution in [3.63, 3.8) is 0 Å². The van der Waals surface area contributed by atoms with Gasteiger partial charge in [-0.25, -0.2) is 9.18 Å². The van der Waals surface area contributed by atoms with Crippen LogP contribution in [-0.2, 0) is 4.74 Å². The Morgan fingerprint density at radius 3 is 2.96 bits per heavy atom. The van der Waals surface area contributed by atoms with Crippen LogP contribution in [0.25, 0.3) is 0 Å². The number of hydrogen-bond acceptors (Lipinski definition) is 6. The van der Waals surface area contributed by atoms with Crippen molar-refractivity contribution in [2.45, 2.75) is 12.3 Å². The number of ether oxygens (including phenoxy) is 1. The fraction of sp³-hybridized carbons (Fsp3) is 0.200. The topological polar surface area (TPSA) is 106 Å². The minimum atomic E-state index is -0.892. The molecule has 0 saturated heterocycles. The van der Waals surface area contributed by atoms with Crippen LogP contribution >= 0.6 is 0 Å². The van der Waals surface area contributed by atoms with Crippen LogP contribution in [0, 0.1) is 5.82 Å². The van der Waals surface area contributed by atoms with Gasteiger partial charge in [0.2, 0.25) is 0 Å². The second kappa shape index (κ2) is 6.69. The van der Waals surface area contributed by atoms with E-state index in [1.165, 1.54) is 24.5 Å². The highest BCUT2D eigenvalue weighted by Crippen LogP contribution is 2.20. The first kappa shape index (κ1) is 16.0. The molecule has 0 spiro atoms. The van der Waals surface area contributed by atoms with Gasteiger partial charge >= 0.3 is 5.69 Å². The SMILES string of the molecule is O=C(Nc1nc(=O)n([C@H]2C=C[C@@H](CO)O2)cc1F)c1cccnc1. The Morgan fingerprint density at radius 2 is 2.29 bits per heavy atom. The van der Waals surface area contributed by atoms with Gasteiger partial charge in [-0.05, 0) is 18.2 Å². The summed E-state index contributed by atoms with van der Waals surface area (Å²) in [4.78, 5) is 31.3. The number of aliphatic hydroxyl groups excluding tert-OH is 1.